The molecule has 0 aliphatic carbocycles. The minimum Gasteiger partial charge on any atom is -0.423 e. The molecule has 3 heteroatoms. The van der Waals surface area contributed by atoms with E-state index in [1.807, 2.05) is 43.5 Å². The molecule has 0 aliphatic heterocycles. The summed E-state index contributed by atoms with van der Waals surface area (Å²) in [4.78, 5) is 14.5. The monoisotopic (exact) mass is 225 g/mol. The van der Waals surface area contributed by atoms with Crippen LogP contribution in [0, 0.1) is 6.92 Å². The highest BCUT2D eigenvalue weighted by atomic mass is 16.4. The summed E-state index contributed by atoms with van der Waals surface area (Å²) in [5, 5.41) is 0.981. The highest BCUT2D eigenvalue weighted by Gasteiger charge is 2.09. The number of aromatic amines is 1. The van der Waals surface area contributed by atoms with Crippen LogP contribution in [0.1, 0.15) is 5.56 Å². The van der Waals surface area contributed by atoms with Crippen LogP contribution in [0.5, 0.6) is 0 Å². The lowest BCUT2D eigenvalue weighted by molar-refractivity contribution is 0.560. The number of aromatic nitrogens is 1. The zero-order chi connectivity index (χ0) is 11.8. The largest absolute Gasteiger partial charge is 0.423 e. The average molecular weight is 225 g/mol. The highest BCUT2D eigenvalue weighted by molar-refractivity contribution is 5.94. The summed E-state index contributed by atoms with van der Waals surface area (Å²) in [7, 11) is 0. The molecule has 0 unspecified atom stereocenters. The van der Waals surface area contributed by atoms with E-state index >= 15 is 0 Å². The molecule has 2 aromatic heterocycles. The van der Waals surface area contributed by atoms with Gasteiger partial charge in [-0.1, -0.05) is 12.1 Å². The smallest absolute Gasteiger partial charge is 0.336 e. The quantitative estimate of drug-likeness (QED) is 0.647. The van der Waals surface area contributed by atoms with Crippen LogP contribution in [0.15, 0.2) is 51.8 Å². The molecule has 0 spiro atoms. The Kier molecular flexibility index (Phi) is 2.11. The number of aryl methyl sites for hydroxylation is 1. The molecule has 0 amide bonds. The lowest BCUT2D eigenvalue weighted by Crippen LogP contribution is -1.98. The first-order valence-corrected chi connectivity index (χ1v) is 5.43. The minimum absolute atomic E-state index is 0.307. The Morgan fingerprint density at radius 1 is 1.18 bits per heavy atom. The Morgan fingerprint density at radius 2 is 2.06 bits per heavy atom. The Morgan fingerprint density at radius 3 is 2.82 bits per heavy atom. The average Bonchev–Trinajstić information content (AvgIpc) is 2.80. The molecule has 0 saturated carbocycles. The summed E-state index contributed by atoms with van der Waals surface area (Å²) in [6, 6.07) is 11.2. The summed E-state index contributed by atoms with van der Waals surface area (Å²) in [5.41, 5.74) is 3.32. The molecule has 3 aromatic rings. The van der Waals surface area contributed by atoms with Gasteiger partial charge in [-0.15, -0.1) is 0 Å². The summed E-state index contributed by atoms with van der Waals surface area (Å²) in [6.07, 6.45) is 1.88. The lowest BCUT2D eigenvalue weighted by atomic mass is 10.0. The van der Waals surface area contributed by atoms with Crippen LogP contribution in [0.2, 0.25) is 0 Å². The number of nitrogens with one attached hydrogen (secondary N) is 1. The van der Waals surface area contributed by atoms with Gasteiger partial charge in [0.1, 0.15) is 5.58 Å². The van der Waals surface area contributed by atoms with E-state index in [1.165, 1.54) is 6.07 Å². The Labute approximate surface area is 97.7 Å². The zero-order valence-electron chi connectivity index (χ0n) is 9.36. The first kappa shape index (κ1) is 9.90. The third kappa shape index (κ3) is 1.56. The maximum absolute atomic E-state index is 11.3. The van der Waals surface area contributed by atoms with Gasteiger partial charge >= 0.3 is 5.63 Å². The van der Waals surface area contributed by atoms with Gasteiger partial charge in [0.15, 0.2) is 0 Å². The summed E-state index contributed by atoms with van der Waals surface area (Å²) in [5.74, 6) is 0. The predicted octanol–water partition coefficient (Wildman–Crippen LogP) is 3.10. The van der Waals surface area contributed by atoms with Gasteiger partial charge in [-0.25, -0.2) is 4.79 Å². The Balaban J connectivity index is 2.44. The number of hydrogen-bond acceptors (Lipinski definition) is 2. The van der Waals surface area contributed by atoms with Gasteiger partial charge < -0.3 is 9.40 Å². The number of benzene rings is 1. The second kappa shape index (κ2) is 3.63. The van der Waals surface area contributed by atoms with Crippen molar-refractivity contribution in [1.29, 1.82) is 0 Å². The highest BCUT2D eigenvalue weighted by Crippen LogP contribution is 2.28. The molecule has 0 atom stereocenters. The van der Waals surface area contributed by atoms with Crippen LogP contribution in [-0.4, -0.2) is 4.98 Å². The van der Waals surface area contributed by atoms with Crippen LogP contribution in [-0.2, 0) is 0 Å². The molecule has 2 heterocycles. The molecule has 0 saturated heterocycles. The second-order valence-electron chi connectivity index (χ2n) is 4.01. The first-order chi connectivity index (χ1) is 8.25. The number of rotatable bonds is 1. The van der Waals surface area contributed by atoms with Gasteiger partial charge in [0.25, 0.3) is 0 Å². The van der Waals surface area contributed by atoms with Gasteiger partial charge in [0.2, 0.25) is 0 Å². The van der Waals surface area contributed by atoms with Crippen molar-refractivity contribution >= 4 is 11.0 Å². The van der Waals surface area contributed by atoms with E-state index in [0.29, 0.717) is 5.58 Å². The van der Waals surface area contributed by atoms with Gasteiger partial charge in [-0.05, 0) is 30.7 Å². The number of fused-ring (bicyclic) bond motifs is 1. The van der Waals surface area contributed by atoms with Gasteiger partial charge in [-0.2, -0.15) is 0 Å². The van der Waals surface area contributed by atoms with Crippen LogP contribution in [0.3, 0.4) is 0 Å². The molecular weight excluding hydrogens is 214 g/mol. The standard InChI is InChI=1S/C14H11NO2/c1-9-8-13(16)17-12-6-2-4-10(14(9)12)11-5-3-7-15-11/h2-8,15H,1H3. The van der Waals surface area contributed by atoms with Crippen molar-refractivity contribution in [2.45, 2.75) is 6.92 Å². The molecule has 84 valence electrons. The third-order valence-electron chi connectivity index (χ3n) is 2.85. The maximum atomic E-state index is 11.3. The van der Waals surface area contributed by atoms with Crippen molar-refractivity contribution in [3.05, 3.63) is 58.6 Å². The van der Waals surface area contributed by atoms with Crippen molar-refractivity contribution in [2.75, 3.05) is 0 Å². The molecule has 3 rings (SSSR count). The van der Waals surface area contributed by atoms with Crippen LogP contribution < -0.4 is 5.63 Å². The van der Waals surface area contributed by atoms with Crippen LogP contribution in [0.4, 0.5) is 0 Å². The molecule has 1 aromatic carbocycles. The Hall–Kier alpha value is -2.29. The van der Waals surface area contributed by atoms with Crippen LogP contribution in [0.25, 0.3) is 22.2 Å². The van der Waals surface area contributed by atoms with E-state index in [2.05, 4.69) is 4.98 Å². The molecule has 0 aliphatic rings. The SMILES string of the molecule is Cc1cc(=O)oc2cccc(-c3ccc[nH]3)c12. The maximum Gasteiger partial charge on any atom is 0.336 e. The lowest BCUT2D eigenvalue weighted by Gasteiger charge is -2.06. The molecule has 17 heavy (non-hydrogen) atoms. The van der Waals surface area contributed by atoms with Crippen molar-refractivity contribution in [3.63, 3.8) is 0 Å². The molecular formula is C14H11NO2. The van der Waals surface area contributed by atoms with Crippen molar-refractivity contribution in [2.24, 2.45) is 0 Å². The topological polar surface area (TPSA) is 46.0 Å². The summed E-state index contributed by atoms with van der Waals surface area (Å²) >= 11 is 0. The summed E-state index contributed by atoms with van der Waals surface area (Å²) < 4.78 is 5.21. The summed E-state index contributed by atoms with van der Waals surface area (Å²) in [6.45, 7) is 1.92. The van der Waals surface area contributed by atoms with E-state index in [9.17, 15) is 4.79 Å². The molecule has 0 fully saturated rings. The molecule has 0 bridgehead atoms. The first-order valence-electron chi connectivity index (χ1n) is 5.43. The zero-order valence-corrected chi connectivity index (χ0v) is 9.36. The van der Waals surface area contributed by atoms with E-state index in [-0.39, 0.29) is 5.63 Å². The van der Waals surface area contributed by atoms with E-state index in [1.54, 1.807) is 0 Å². The predicted molar refractivity (Wildman–Crippen MR) is 67.0 cm³/mol. The van der Waals surface area contributed by atoms with Gasteiger partial charge in [-0.3, -0.25) is 0 Å². The molecule has 1 N–H and O–H groups in total. The normalized spacial score (nSPS) is 10.9. The molecule has 0 radical (unpaired) electrons. The van der Waals surface area contributed by atoms with Crippen LogP contribution >= 0.6 is 0 Å². The van der Waals surface area contributed by atoms with E-state index in [4.69, 9.17) is 4.42 Å². The van der Waals surface area contributed by atoms with E-state index < -0.39 is 0 Å². The molecule has 3 nitrogen and oxygen atoms in total. The minimum atomic E-state index is -0.307. The fourth-order valence-electron chi connectivity index (χ4n) is 2.13. The third-order valence-corrected chi connectivity index (χ3v) is 2.85. The van der Waals surface area contributed by atoms with Crippen molar-refractivity contribution in [3.8, 4) is 11.3 Å². The Bertz CT molecular complexity index is 724. The fraction of sp³-hybridized carbons (Fsp3) is 0.0714. The number of H-pyrrole nitrogens is 1. The van der Waals surface area contributed by atoms with Crippen molar-refractivity contribution < 1.29 is 4.42 Å². The second-order valence-corrected chi connectivity index (χ2v) is 4.01. The number of hydrogen-bond donors (Lipinski definition) is 1. The van der Waals surface area contributed by atoms with Gasteiger partial charge in [0, 0.05) is 28.9 Å². The fourth-order valence-corrected chi connectivity index (χ4v) is 2.13. The van der Waals surface area contributed by atoms with Crippen molar-refractivity contribution in [1.82, 2.24) is 4.98 Å². The van der Waals surface area contributed by atoms with E-state index in [0.717, 1.165) is 22.2 Å². The van der Waals surface area contributed by atoms with Gasteiger partial charge in [0.05, 0.1) is 0 Å².